The maximum atomic E-state index is 13.6. The summed E-state index contributed by atoms with van der Waals surface area (Å²) in [6, 6.07) is 8.09. The van der Waals surface area contributed by atoms with E-state index in [0.717, 1.165) is 17.7 Å². The molecule has 0 saturated heterocycles. The van der Waals surface area contributed by atoms with E-state index in [1.54, 1.807) is 27.7 Å². The van der Waals surface area contributed by atoms with Crippen LogP contribution in [0, 0.1) is 0 Å². The van der Waals surface area contributed by atoms with Crippen molar-refractivity contribution >= 4 is 50.0 Å². The number of halogens is 2. The highest BCUT2D eigenvalue weighted by atomic mass is 35.5. The fourth-order valence-electron chi connectivity index (χ4n) is 4.26. The Hall–Kier alpha value is -0.630. The molecule has 9 nitrogen and oxygen atoms in total. The molecule has 13 heteroatoms. The summed E-state index contributed by atoms with van der Waals surface area (Å²) in [5.41, 5.74) is 2.24. The van der Waals surface area contributed by atoms with Gasteiger partial charge in [0.05, 0.1) is 26.4 Å². The van der Waals surface area contributed by atoms with E-state index in [9.17, 15) is 13.9 Å². The van der Waals surface area contributed by atoms with E-state index >= 15 is 0 Å². The standard InChI is InChI=1S/C26H46Cl2N2O7P2/c1-5-34-38(32,35-6-2)26(39(33,36-7-3)37-8-4)17-12-20-29-25(31)16-11-14-23-13-9-10-15-24(23)30(21-18-27)22-19-28/h9-10,13,15,26H,5-8,11-12,14,16-22H2,1-4H3,(H,29,31). The number of rotatable bonds is 23. The quantitative estimate of drug-likeness (QED) is 0.0779. The van der Waals surface area contributed by atoms with Crippen molar-refractivity contribution in [3.63, 3.8) is 0 Å². The third kappa shape index (κ3) is 12.4. The summed E-state index contributed by atoms with van der Waals surface area (Å²) in [5, 5.41) is 1.82. The van der Waals surface area contributed by atoms with Crippen molar-refractivity contribution < 1.29 is 32.0 Å². The van der Waals surface area contributed by atoms with Gasteiger partial charge in [0.25, 0.3) is 0 Å². The second-order valence-electron chi connectivity index (χ2n) is 8.57. The second kappa shape index (κ2) is 20.3. The number of benzene rings is 1. The van der Waals surface area contributed by atoms with Crippen molar-refractivity contribution in [1.29, 1.82) is 0 Å². The van der Waals surface area contributed by atoms with Gasteiger partial charge in [-0.2, -0.15) is 0 Å². The van der Waals surface area contributed by atoms with Crippen LogP contribution < -0.4 is 10.2 Å². The van der Waals surface area contributed by atoms with Crippen LogP contribution >= 0.6 is 38.4 Å². The molecule has 0 aromatic heterocycles. The monoisotopic (exact) mass is 630 g/mol. The molecule has 1 rings (SSSR count). The first kappa shape index (κ1) is 36.4. The van der Waals surface area contributed by atoms with E-state index < -0.39 is 20.6 Å². The predicted molar refractivity (Wildman–Crippen MR) is 161 cm³/mol. The van der Waals surface area contributed by atoms with E-state index in [0.29, 0.717) is 50.7 Å². The molecule has 0 unspecified atom stereocenters. The first-order valence-electron chi connectivity index (χ1n) is 13.7. The van der Waals surface area contributed by atoms with Gasteiger partial charge in [-0.25, -0.2) is 0 Å². The lowest BCUT2D eigenvalue weighted by Crippen LogP contribution is -2.28. The first-order chi connectivity index (χ1) is 18.7. The van der Waals surface area contributed by atoms with Crippen LogP contribution in [0.1, 0.15) is 58.9 Å². The fraction of sp³-hybridized carbons (Fsp3) is 0.731. The smallest absolute Gasteiger partial charge is 0.345 e. The molecular formula is C26H46Cl2N2O7P2. The number of para-hydroxylation sites is 1. The minimum absolute atomic E-state index is 0.0852. The molecule has 0 atom stereocenters. The number of anilines is 1. The Bertz CT molecular complexity index is 870. The van der Waals surface area contributed by atoms with Crippen LogP contribution in [-0.4, -0.2) is 69.1 Å². The third-order valence-corrected chi connectivity index (χ3v) is 12.3. The highest BCUT2D eigenvalue weighted by Gasteiger charge is 2.50. The molecule has 0 radical (unpaired) electrons. The number of nitrogens with one attached hydrogen (secondary N) is 1. The molecule has 1 amide bonds. The number of aryl methyl sites for hydroxylation is 1. The molecule has 0 heterocycles. The number of nitrogens with zero attached hydrogens (tertiary/aromatic N) is 1. The molecule has 1 aromatic rings. The van der Waals surface area contributed by atoms with Crippen LogP contribution in [0.2, 0.25) is 0 Å². The number of carbonyl (C=O) groups excluding carboxylic acids is 1. The summed E-state index contributed by atoms with van der Waals surface area (Å²) >= 11 is 12.0. The van der Waals surface area contributed by atoms with Crippen molar-refractivity contribution in [3.8, 4) is 0 Å². The van der Waals surface area contributed by atoms with Gasteiger partial charge in [0, 0.05) is 43.5 Å². The zero-order chi connectivity index (χ0) is 29.2. The van der Waals surface area contributed by atoms with Crippen molar-refractivity contribution in [2.45, 2.75) is 65.2 Å². The zero-order valence-corrected chi connectivity index (χ0v) is 27.0. The Kier molecular flexibility index (Phi) is 18.9. The minimum Gasteiger partial charge on any atom is -0.369 e. The molecule has 1 aromatic carbocycles. The molecule has 0 fully saturated rings. The number of hydrogen-bond donors (Lipinski definition) is 1. The molecule has 0 bridgehead atoms. The van der Waals surface area contributed by atoms with Gasteiger partial charge in [0.2, 0.25) is 5.91 Å². The topological polar surface area (TPSA) is 103 Å². The normalized spacial score (nSPS) is 12.2. The number of amides is 1. The van der Waals surface area contributed by atoms with Gasteiger partial charge in [-0.3, -0.25) is 13.9 Å². The predicted octanol–water partition coefficient (Wildman–Crippen LogP) is 7.05. The summed E-state index contributed by atoms with van der Waals surface area (Å²) in [5.74, 6) is 0.922. The number of alkyl halides is 2. The summed E-state index contributed by atoms with van der Waals surface area (Å²) in [4.78, 5) is 14.7. The lowest BCUT2D eigenvalue weighted by Gasteiger charge is -2.31. The van der Waals surface area contributed by atoms with Gasteiger partial charge in [-0.05, 0) is 65.0 Å². The first-order valence-corrected chi connectivity index (χ1v) is 18.0. The van der Waals surface area contributed by atoms with Gasteiger partial charge >= 0.3 is 15.2 Å². The van der Waals surface area contributed by atoms with Crippen molar-refractivity contribution in [3.05, 3.63) is 29.8 Å². The molecule has 1 N–H and O–H groups in total. The van der Waals surface area contributed by atoms with Gasteiger partial charge in [-0.15, -0.1) is 23.2 Å². The Morgan fingerprint density at radius 3 is 1.87 bits per heavy atom. The minimum atomic E-state index is -3.80. The number of carbonyl (C=O) groups is 1. The molecular weight excluding hydrogens is 585 g/mol. The van der Waals surface area contributed by atoms with Crippen molar-refractivity contribution in [1.82, 2.24) is 5.32 Å². The Labute approximate surface area is 244 Å². The second-order valence-corrected chi connectivity index (χ2v) is 14.2. The highest BCUT2D eigenvalue weighted by Crippen LogP contribution is 2.71. The SMILES string of the molecule is CCOP(=O)(OCC)C(CCCNC(=O)CCCc1ccccc1N(CCCl)CCCl)P(=O)(OCC)OCC. The Morgan fingerprint density at radius 2 is 1.38 bits per heavy atom. The van der Waals surface area contributed by atoms with Gasteiger partial charge in [-0.1, -0.05) is 18.2 Å². The van der Waals surface area contributed by atoms with E-state index in [1.807, 2.05) is 12.1 Å². The van der Waals surface area contributed by atoms with Crippen LogP contribution in [0.15, 0.2) is 24.3 Å². The summed E-state index contributed by atoms with van der Waals surface area (Å²) in [6.07, 6.45) is 2.35. The third-order valence-electron chi connectivity index (χ3n) is 5.82. The number of hydrogen-bond acceptors (Lipinski definition) is 8. The van der Waals surface area contributed by atoms with Crippen LogP contribution in [-0.2, 0) is 38.4 Å². The zero-order valence-electron chi connectivity index (χ0n) is 23.7. The van der Waals surface area contributed by atoms with E-state index in [4.69, 9.17) is 41.3 Å². The lowest BCUT2D eigenvalue weighted by atomic mass is 10.0. The van der Waals surface area contributed by atoms with Gasteiger partial charge in [0.1, 0.15) is 0 Å². The molecule has 39 heavy (non-hydrogen) atoms. The maximum absolute atomic E-state index is 13.6. The largest absolute Gasteiger partial charge is 0.369 e. The van der Waals surface area contributed by atoms with Crippen molar-refractivity contribution in [2.75, 3.05) is 62.7 Å². The van der Waals surface area contributed by atoms with Crippen LogP contribution in [0.5, 0.6) is 0 Å². The Balaban J connectivity index is 2.74. The lowest BCUT2D eigenvalue weighted by molar-refractivity contribution is -0.121. The summed E-state index contributed by atoms with van der Waals surface area (Å²) < 4.78 is 49.2. The average molecular weight is 632 g/mol. The van der Waals surface area contributed by atoms with Gasteiger partial charge in [0.15, 0.2) is 5.40 Å². The maximum Gasteiger partial charge on any atom is 0.345 e. The summed E-state index contributed by atoms with van der Waals surface area (Å²) in [6.45, 7) is 9.01. The summed E-state index contributed by atoms with van der Waals surface area (Å²) in [7, 11) is -7.59. The molecule has 0 saturated carbocycles. The highest BCUT2D eigenvalue weighted by molar-refractivity contribution is 7.72. The van der Waals surface area contributed by atoms with Gasteiger partial charge < -0.3 is 28.3 Å². The van der Waals surface area contributed by atoms with E-state index in [1.165, 1.54) is 0 Å². The average Bonchev–Trinajstić information content (AvgIpc) is 2.89. The molecule has 0 aliphatic rings. The molecule has 0 spiro atoms. The van der Waals surface area contributed by atoms with E-state index in [2.05, 4.69) is 22.3 Å². The molecule has 0 aliphatic heterocycles. The van der Waals surface area contributed by atoms with Crippen LogP contribution in [0.3, 0.4) is 0 Å². The van der Waals surface area contributed by atoms with Crippen LogP contribution in [0.4, 0.5) is 5.69 Å². The van der Waals surface area contributed by atoms with Crippen LogP contribution in [0.25, 0.3) is 0 Å². The fourth-order valence-corrected chi connectivity index (χ4v) is 10.1. The molecule has 0 aliphatic carbocycles. The molecule has 226 valence electrons. The van der Waals surface area contributed by atoms with Crippen molar-refractivity contribution in [2.24, 2.45) is 0 Å². The Morgan fingerprint density at radius 1 is 0.872 bits per heavy atom. The van der Waals surface area contributed by atoms with E-state index in [-0.39, 0.29) is 38.8 Å².